The van der Waals surface area contributed by atoms with Gasteiger partial charge in [-0.1, -0.05) is 42.5 Å². The fraction of sp³-hybridized carbons (Fsp3) is 0.250. The fourth-order valence-corrected chi connectivity index (χ4v) is 2.96. The first-order chi connectivity index (χ1) is 14.6. The average molecular weight is 405 g/mol. The molecule has 2 N–H and O–H groups in total. The first kappa shape index (κ1) is 21.2. The molecule has 2 aromatic carbocycles. The van der Waals surface area contributed by atoms with Crippen LogP contribution in [0.1, 0.15) is 23.1 Å². The summed E-state index contributed by atoms with van der Waals surface area (Å²) in [5, 5.41) is 5.68. The lowest BCUT2D eigenvalue weighted by molar-refractivity contribution is 0.238. The minimum absolute atomic E-state index is 0.0239. The number of nitrogens with one attached hydrogen (secondary N) is 2. The molecule has 0 saturated carbocycles. The number of carbonyl (C=O) groups is 1. The van der Waals surface area contributed by atoms with E-state index in [2.05, 4.69) is 10.6 Å². The van der Waals surface area contributed by atoms with Gasteiger partial charge in [0.05, 0.1) is 13.2 Å². The maximum atomic E-state index is 11.9. The number of urea groups is 1. The number of aryl methyl sites for hydroxylation is 1. The van der Waals surface area contributed by atoms with E-state index in [9.17, 15) is 9.59 Å². The molecule has 30 heavy (non-hydrogen) atoms. The third-order valence-corrected chi connectivity index (χ3v) is 4.59. The Hall–Kier alpha value is -3.54. The molecule has 156 valence electrons. The van der Waals surface area contributed by atoms with Gasteiger partial charge in [0.2, 0.25) is 0 Å². The molecule has 3 aromatic rings. The molecule has 0 unspecified atom stereocenters. The van der Waals surface area contributed by atoms with Gasteiger partial charge in [-0.3, -0.25) is 4.79 Å². The Morgan fingerprint density at radius 1 is 0.967 bits per heavy atom. The van der Waals surface area contributed by atoms with Crippen molar-refractivity contribution in [2.45, 2.75) is 26.4 Å². The Labute approximate surface area is 176 Å². The third kappa shape index (κ3) is 6.81. The Kier molecular flexibility index (Phi) is 7.66. The van der Waals surface area contributed by atoms with Crippen LogP contribution in [0, 0.1) is 6.92 Å². The fourth-order valence-electron chi connectivity index (χ4n) is 2.96. The molecule has 6 nitrogen and oxygen atoms in total. The van der Waals surface area contributed by atoms with Gasteiger partial charge in [0.1, 0.15) is 5.75 Å². The molecule has 0 radical (unpaired) electrons. The molecular weight excluding hydrogens is 378 g/mol. The number of pyridine rings is 1. The highest BCUT2D eigenvalue weighted by Gasteiger charge is 2.02. The van der Waals surface area contributed by atoms with Gasteiger partial charge in [-0.15, -0.1) is 0 Å². The summed E-state index contributed by atoms with van der Waals surface area (Å²) < 4.78 is 7.32. The average Bonchev–Trinajstić information content (AvgIpc) is 2.75. The Balaban J connectivity index is 1.33. The second-order valence-corrected chi connectivity index (χ2v) is 7.11. The van der Waals surface area contributed by atoms with Crippen molar-refractivity contribution in [3.63, 3.8) is 0 Å². The molecule has 2 amide bonds. The number of rotatable bonds is 9. The van der Waals surface area contributed by atoms with E-state index in [1.54, 1.807) is 22.9 Å². The highest BCUT2D eigenvalue weighted by molar-refractivity contribution is 5.73. The maximum Gasteiger partial charge on any atom is 0.315 e. The number of aromatic nitrogens is 1. The number of carbonyl (C=O) groups excluding carboxylic acids is 1. The van der Waals surface area contributed by atoms with Gasteiger partial charge in [0, 0.05) is 25.4 Å². The van der Waals surface area contributed by atoms with Crippen molar-refractivity contribution in [3.8, 4) is 5.75 Å². The summed E-state index contributed by atoms with van der Waals surface area (Å²) in [5.41, 5.74) is 3.17. The van der Waals surface area contributed by atoms with Gasteiger partial charge in [-0.2, -0.15) is 0 Å². The minimum Gasteiger partial charge on any atom is -0.494 e. The second kappa shape index (κ2) is 10.9. The van der Waals surface area contributed by atoms with E-state index in [1.165, 1.54) is 0 Å². The lowest BCUT2D eigenvalue weighted by atomic mass is 10.1. The van der Waals surface area contributed by atoms with Gasteiger partial charge in [0.25, 0.3) is 5.56 Å². The zero-order valence-electron chi connectivity index (χ0n) is 17.1. The first-order valence-electron chi connectivity index (χ1n) is 10.0. The third-order valence-electron chi connectivity index (χ3n) is 4.59. The summed E-state index contributed by atoms with van der Waals surface area (Å²) in [6, 6.07) is 20.7. The summed E-state index contributed by atoms with van der Waals surface area (Å²) in [4.78, 5) is 23.7. The molecule has 3 rings (SSSR count). The van der Waals surface area contributed by atoms with Crippen molar-refractivity contribution in [3.05, 3.63) is 100.0 Å². The highest BCUT2D eigenvalue weighted by atomic mass is 16.5. The molecule has 1 heterocycles. The molecule has 0 saturated heterocycles. The SMILES string of the molecule is Cc1cccc(OCCCNC(=O)NCc2ccc(Cn3ccccc3=O)cc2)c1. The smallest absolute Gasteiger partial charge is 0.315 e. The van der Waals surface area contributed by atoms with E-state index in [-0.39, 0.29) is 11.6 Å². The Morgan fingerprint density at radius 2 is 1.77 bits per heavy atom. The van der Waals surface area contributed by atoms with E-state index < -0.39 is 0 Å². The van der Waals surface area contributed by atoms with Gasteiger partial charge in [0.15, 0.2) is 0 Å². The topological polar surface area (TPSA) is 72.4 Å². The van der Waals surface area contributed by atoms with Crippen molar-refractivity contribution in [2.75, 3.05) is 13.2 Å². The van der Waals surface area contributed by atoms with Gasteiger partial charge < -0.3 is 19.9 Å². The molecule has 6 heteroatoms. The van der Waals surface area contributed by atoms with E-state index in [0.29, 0.717) is 26.2 Å². The molecule has 0 bridgehead atoms. The predicted octanol–water partition coefficient (Wildman–Crippen LogP) is 3.47. The number of hydrogen-bond donors (Lipinski definition) is 2. The van der Waals surface area contributed by atoms with E-state index in [0.717, 1.165) is 28.9 Å². The standard InChI is InChI=1S/C24H27N3O3/c1-19-6-4-7-22(16-19)30-15-5-13-25-24(29)26-17-20-9-11-21(12-10-20)18-27-14-3-2-8-23(27)28/h2-4,6-12,14,16H,5,13,15,17-18H2,1H3,(H2,25,26,29). The van der Waals surface area contributed by atoms with Crippen molar-refractivity contribution in [2.24, 2.45) is 0 Å². The van der Waals surface area contributed by atoms with E-state index in [1.807, 2.05) is 61.5 Å². The lowest BCUT2D eigenvalue weighted by Gasteiger charge is -2.10. The summed E-state index contributed by atoms with van der Waals surface area (Å²) in [6.07, 6.45) is 2.50. The van der Waals surface area contributed by atoms with Crippen LogP contribution in [0.3, 0.4) is 0 Å². The summed E-state index contributed by atoms with van der Waals surface area (Å²) in [7, 11) is 0. The molecule has 0 aliphatic carbocycles. The zero-order valence-corrected chi connectivity index (χ0v) is 17.1. The normalized spacial score (nSPS) is 10.4. The van der Waals surface area contributed by atoms with Crippen molar-refractivity contribution < 1.29 is 9.53 Å². The largest absolute Gasteiger partial charge is 0.494 e. The first-order valence-corrected chi connectivity index (χ1v) is 10.0. The van der Waals surface area contributed by atoms with Crippen LogP contribution in [0.5, 0.6) is 5.75 Å². The van der Waals surface area contributed by atoms with E-state index >= 15 is 0 Å². The van der Waals surface area contributed by atoms with Gasteiger partial charge in [-0.25, -0.2) is 4.79 Å². The van der Waals surface area contributed by atoms with Crippen LogP contribution in [-0.4, -0.2) is 23.7 Å². The molecule has 1 aromatic heterocycles. The number of benzene rings is 2. The van der Waals surface area contributed by atoms with Crippen LogP contribution in [-0.2, 0) is 13.1 Å². The molecule has 0 fully saturated rings. The molecular formula is C24H27N3O3. The number of nitrogens with zero attached hydrogens (tertiary/aromatic N) is 1. The van der Waals surface area contributed by atoms with Crippen LogP contribution in [0.4, 0.5) is 4.79 Å². The monoisotopic (exact) mass is 405 g/mol. The zero-order chi connectivity index (χ0) is 21.2. The number of hydrogen-bond acceptors (Lipinski definition) is 3. The Morgan fingerprint density at radius 3 is 2.53 bits per heavy atom. The number of ether oxygens (including phenoxy) is 1. The van der Waals surface area contributed by atoms with Gasteiger partial charge in [-0.05, 0) is 48.2 Å². The summed E-state index contributed by atoms with van der Waals surface area (Å²) >= 11 is 0. The Bertz CT molecular complexity index is 1010. The molecule has 0 aliphatic rings. The second-order valence-electron chi connectivity index (χ2n) is 7.11. The van der Waals surface area contributed by atoms with Crippen LogP contribution in [0.25, 0.3) is 0 Å². The molecule has 0 aliphatic heterocycles. The highest BCUT2D eigenvalue weighted by Crippen LogP contribution is 2.12. The van der Waals surface area contributed by atoms with Crippen LogP contribution in [0.2, 0.25) is 0 Å². The van der Waals surface area contributed by atoms with Crippen LogP contribution in [0.15, 0.2) is 77.7 Å². The minimum atomic E-state index is -0.203. The lowest BCUT2D eigenvalue weighted by Crippen LogP contribution is -2.36. The van der Waals surface area contributed by atoms with E-state index in [4.69, 9.17) is 4.74 Å². The summed E-state index contributed by atoms with van der Waals surface area (Å²) in [5.74, 6) is 0.847. The molecule has 0 atom stereocenters. The van der Waals surface area contributed by atoms with Crippen molar-refractivity contribution in [1.82, 2.24) is 15.2 Å². The van der Waals surface area contributed by atoms with Gasteiger partial charge >= 0.3 is 6.03 Å². The van der Waals surface area contributed by atoms with Crippen LogP contribution < -0.4 is 20.9 Å². The van der Waals surface area contributed by atoms with Crippen molar-refractivity contribution >= 4 is 6.03 Å². The predicted molar refractivity (Wildman–Crippen MR) is 118 cm³/mol. The molecule has 0 spiro atoms. The quantitative estimate of drug-likeness (QED) is 0.536. The van der Waals surface area contributed by atoms with Crippen molar-refractivity contribution in [1.29, 1.82) is 0 Å². The summed E-state index contributed by atoms with van der Waals surface area (Å²) in [6.45, 7) is 4.09. The van der Waals surface area contributed by atoms with Crippen LogP contribution >= 0.6 is 0 Å². The number of amides is 2. The maximum absolute atomic E-state index is 11.9.